The highest BCUT2D eigenvalue weighted by atomic mass is 32.1. The van der Waals surface area contributed by atoms with Crippen molar-refractivity contribution >= 4 is 22.4 Å². The van der Waals surface area contributed by atoms with E-state index in [4.69, 9.17) is 5.73 Å². The van der Waals surface area contributed by atoms with Crippen molar-refractivity contribution in [2.45, 2.75) is 32.7 Å². The lowest BCUT2D eigenvalue weighted by Gasteiger charge is -2.29. The standard InChI is InChI=1S/C12H21N5OS/c1-2-5-14-12-16-15-10(19-12)8-17-6-3-9(4-7-17)11(13)18/h9H,2-8H2,1H3,(H2,13,18)(H,14,16). The maximum atomic E-state index is 11.1. The van der Waals surface area contributed by atoms with E-state index in [1.807, 2.05) is 0 Å². The number of nitrogens with zero attached hydrogens (tertiary/aromatic N) is 3. The van der Waals surface area contributed by atoms with Gasteiger partial charge in [0.15, 0.2) is 0 Å². The maximum absolute atomic E-state index is 11.1. The highest BCUT2D eigenvalue weighted by Gasteiger charge is 2.23. The minimum Gasteiger partial charge on any atom is -0.369 e. The SMILES string of the molecule is CCCNc1nnc(CN2CCC(C(N)=O)CC2)s1. The van der Waals surface area contributed by atoms with E-state index in [0.29, 0.717) is 0 Å². The first-order chi connectivity index (χ1) is 9.19. The molecule has 6 nitrogen and oxygen atoms in total. The van der Waals surface area contributed by atoms with E-state index < -0.39 is 0 Å². The summed E-state index contributed by atoms with van der Waals surface area (Å²) in [5.74, 6) is -0.117. The number of carbonyl (C=O) groups excluding carboxylic acids is 1. The average molecular weight is 283 g/mol. The molecule has 7 heteroatoms. The molecule has 106 valence electrons. The monoisotopic (exact) mass is 283 g/mol. The fourth-order valence-electron chi connectivity index (χ4n) is 2.19. The van der Waals surface area contributed by atoms with Gasteiger partial charge in [0.1, 0.15) is 5.01 Å². The van der Waals surface area contributed by atoms with Crippen LogP contribution in [0.2, 0.25) is 0 Å². The Kier molecular flexibility index (Phi) is 5.09. The summed E-state index contributed by atoms with van der Waals surface area (Å²) < 4.78 is 0. The van der Waals surface area contributed by atoms with Gasteiger partial charge >= 0.3 is 0 Å². The van der Waals surface area contributed by atoms with Crippen molar-refractivity contribution in [2.24, 2.45) is 11.7 Å². The fraction of sp³-hybridized carbons (Fsp3) is 0.750. The number of primary amides is 1. The quantitative estimate of drug-likeness (QED) is 0.815. The van der Waals surface area contributed by atoms with Crippen LogP contribution in [0.4, 0.5) is 5.13 Å². The van der Waals surface area contributed by atoms with Crippen LogP contribution in [-0.4, -0.2) is 40.6 Å². The van der Waals surface area contributed by atoms with E-state index in [1.165, 1.54) is 0 Å². The molecule has 1 aliphatic rings. The van der Waals surface area contributed by atoms with Gasteiger partial charge in [-0.15, -0.1) is 10.2 Å². The van der Waals surface area contributed by atoms with Crippen LogP contribution in [0.3, 0.4) is 0 Å². The number of rotatable bonds is 6. The van der Waals surface area contributed by atoms with Crippen molar-refractivity contribution in [2.75, 3.05) is 25.0 Å². The van der Waals surface area contributed by atoms with Gasteiger partial charge in [0, 0.05) is 12.5 Å². The van der Waals surface area contributed by atoms with Gasteiger partial charge in [-0.25, -0.2) is 0 Å². The molecule has 3 N–H and O–H groups in total. The van der Waals surface area contributed by atoms with Crippen molar-refractivity contribution in [1.29, 1.82) is 0 Å². The zero-order chi connectivity index (χ0) is 13.7. The van der Waals surface area contributed by atoms with E-state index in [0.717, 1.165) is 55.6 Å². The average Bonchev–Trinajstić information content (AvgIpc) is 2.84. The highest BCUT2D eigenvalue weighted by Crippen LogP contribution is 2.21. The summed E-state index contributed by atoms with van der Waals surface area (Å²) in [5.41, 5.74) is 5.33. The predicted octanol–water partition coefficient (Wildman–Crippen LogP) is 1.06. The van der Waals surface area contributed by atoms with Crippen LogP contribution in [0.15, 0.2) is 0 Å². The van der Waals surface area contributed by atoms with Crippen molar-refractivity contribution in [3.8, 4) is 0 Å². The Morgan fingerprint density at radius 2 is 2.21 bits per heavy atom. The van der Waals surface area contributed by atoms with Gasteiger partial charge in [0.05, 0.1) is 6.54 Å². The highest BCUT2D eigenvalue weighted by molar-refractivity contribution is 7.15. The summed E-state index contributed by atoms with van der Waals surface area (Å²) in [6.45, 7) is 5.68. The molecule has 1 saturated heterocycles. The molecule has 0 bridgehead atoms. The first-order valence-corrected chi connectivity index (χ1v) is 7.58. The summed E-state index contributed by atoms with van der Waals surface area (Å²) in [4.78, 5) is 13.4. The first-order valence-electron chi connectivity index (χ1n) is 6.77. The van der Waals surface area contributed by atoms with E-state index in [1.54, 1.807) is 11.3 Å². The molecule has 1 fully saturated rings. The molecule has 0 aliphatic carbocycles. The number of carbonyl (C=O) groups is 1. The fourth-order valence-corrected chi connectivity index (χ4v) is 3.00. The molecule has 0 spiro atoms. The van der Waals surface area contributed by atoms with Gasteiger partial charge < -0.3 is 11.1 Å². The molecule has 0 unspecified atom stereocenters. The molecule has 1 aliphatic heterocycles. The lowest BCUT2D eigenvalue weighted by atomic mass is 9.96. The van der Waals surface area contributed by atoms with Crippen molar-refractivity contribution in [3.05, 3.63) is 5.01 Å². The minimum absolute atomic E-state index is 0.0486. The predicted molar refractivity (Wildman–Crippen MR) is 75.9 cm³/mol. The molecule has 19 heavy (non-hydrogen) atoms. The van der Waals surface area contributed by atoms with E-state index in [-0.39, 0.29) is 11.8 Å². The molecule has 2 rings (SSSR count). The number of piperidine rings is 1. The number of nitrogens with two attached hydrogens (primary N) is 1. The molecule has 0 radical (unpaired) electrons. The second-order valence-electron chi connectivity index (χ2n) is 4.88. The number of likely N-dealkylation sites (tertiary alicyclic amines) is 1. The molecule has 1 aromatic heterocycles. The first kappa shape index (κ1) is 14.2. The molecular formula is C12H21N5OS. The van der Waals surface area contributed by atoms with Gasteiger partial charge in [-0.1, -0.05) is 18.3 Å². The second-order valence-corrected chi connectivity index (χ2v) is 5.94. The minimum atomic E-state index is -0.165. The molecule has 1 amide bonds. The second kappa shape index (κ2) is 6.81. The molecule has 1 aromatic rings. The van der Waals surface area contributed by atoms with Gasteiger partial charge in [0.2, 0.25) is 11.0 Å². The number of hydrogen-bond donors (Lipinski definition) is 2. The largest absolute Gasteiger partial charge is 0.369 e. The molecular weight excluding hydrogens is 262 g/mol. The summed E-state index contributed by atoms with van der Waals surface area (Å²) in [5, 5.41) is 13.5. The Balaban J connectivity index is 1.79. The van der Waals surface area contributed by atoms with Crippen molar-refractivity contribution < 1.29 is 4.79 Å². The van der Waals surface area contributed by atoms with Crippen molar-refractivity contribution in [3.63, 3.8) is 0 Å². The maximum Gasteiger partial charge on any atom is 0.220 e. The van der Waals surface area contributed by atoms with Gasteiger partial charge in [-0.2, -0.15) is 0 Å². The van der Waals surface area contributed by atoms with E-state index in [9.17, 15) is 4.79 Å². The number of amides is 1. The topological polar surface area (TPSA) is 84.1 Å². The Hall–Kier alpha value is -1.21. The van der Waals surface area contributed by atoms with Crippen LogP contribution >= 0.6 is 11.3 Å². The van der Waals surface area contributed by atoms with Crippen LogP contribution in [0.5, 0.6) is 0 Å². The Morgan fingerprint density at radius 3 is 2.84 bits per heavy atom. The Morgan fingerprint density at radius 1 is 1.47 bits per heavy atom. The zero-order valence-electron chi connectivity index (χ0n) is 11.3. The van der Waals surface area contributed by atoms with Gasteiger partial charge in [0.25, 0.3) is 0 Å². The number of anilines is 1. The third kappa shape index (κ3) is 4.14. The summed E-state index contributed by atoms with van der Waals surface area (Å²) >= 11 is 1.61. The third-order valence-electron chi connectivity index (χ3n) is 3.34. The summed E-state index contributed by atoms with van der Waals surface area (Å²) in [7, 11) is 0. The molecule has 0 atom stereocenters. The number of nitrogens with one attached hydrogen (secondary N) is 1. The Bertz CT molecular complexity index is 414. The van der Waals surface area contributed by atoms with Crippen LogP contribution < -0.4 is 11.1 Å². The number of hydrogen-bond acceptors (Lipinski definition) is 6. The van der Waals surface area contributed by atoms with Crippen molar-refractivity contribution in [1.82, 2.24) is 15.1 Å². The van der Waals surface area contributed by atoms with E-state index >= 15 is 0 Å². The third-order valence-corrected chi connectivity index (χ3v) is 4.21. The summed E-state index contributed by atoms with van der Waals surface area (Å²) in [6.07, 6.45) is 2.79. The molecule has 2 heterocycles. The molecule has 0 aromatic carbocycles. The van der Waals surface area contributed by atoms with Crippen LogP contribution in [-0.2, 0) is 11.3 Å². The van der Waals surface area contributed by atoms with Gasteiger partial charge in [-0.3, -0.25) is 9.69 Å². The van der Waals surface area contributed by atoms with Gasteiger partial charge in [-0.05, 0) is 32.4 Å². The molecule has 0 saturated carbocycles. The Labute approximate surface area is 117 Å². The zero-order valence-corrected chi connectivity index (χ0v) is 12.1. The van der Waals surface area contributed by atoms with Crippen LogP contribution in [0.25, 0.3) is 0 Å². The van der Waals surface area contributed by atoms with Crippen LogP contribution in [0.1, 0.15) is 31.2 Å². The lowest BCUT2D eigenvalue weighted by molar-refractivity contribution is -0.123. The lowest BCUT2D eigenvalue weighted by Crippen LogP contribution is -2.38. The number of aromatic nitrogens is 2. The smallest absolute Gasteiger partial charge is 0.220 e. The van der Waals surface area contributed by atoms with E-state index in [2.05, 4.69) is 27.3 Å². The summed E-state index contributed by atoms with van der Waals surface area (Å²) in [6, 6.07) is 0. The van der Waals surface area contributed by atoms with Crippen LogP contribution in [0, 0.1) is 5.92 Å². The normalized spacial score (nSPS) is 17.5.